The standard InChI is InChI=1S/C23H20FNO3S/c24-19-9-4-6-17(14-19)15-25(16-20-10-5-11-27-20)23(26)21-22(29-13-12-28-21)18-7-2-1-3-8-18/h1-11,14H,12-13,15-16H2. The molecule has 4 nitrogen and oxygen atoms in total. The molecule has 0 saturated heterocycles. The van der Waals surface area contributed by atoms with Crippen molar-refractivity contribution < 1.29 is 18.3 Å². The molecule has 29 heavy (non-hydrogen) atoms. The van der Waals surface area contributed by atoms with Crippen molar-refractivity contribution in [3.63, 3.8) is 0 Å². The van der Waals surface area contributed by atoms with E-state index in [0.29, 0.717) is 23.7 Å². The van der Waals surface area contributed by atoms with E-state index >= 15 is 0 Å². The van der Waals surface area contributed by atoms with Crippen molar-refractivity contribution in [1.29, 1.82) is 0 Å². The van der Waals surface area contributed by atoms with Crippen LogP contribution in [0.2, 0.25) is 0 Å². The summed E-state index contributed by atoms with van der Waals surface area (Å²) in [5, 5.41) is 0. The van der Waals surface area contributed by atoms with E-state index in [9.17, 15) is 9.18 Å². The summed E-state index contributed by atoms with van der Waals surface area (Å²) < 4.78 is 25.0. The second kappa shape index (κ2) is 9.01. The van der Waals surface area contributed by atoms with Crippen molar-refractivity contribution in [2.45, 2.75) is 13.1 Å². The molecule has 148 valence electrons. The highest BCUT2D eigenvalue weighted by atomic mass is 32.2. The summed E-state index contributed by atoms with van der Waals surface area (Å²) in [6, 6.07) is 19.6. The molecular weight excluding hydrogens is 389 g/mol. The van der Waals surface area contributed by atoms with Gasteiger partial charge in [-0.15, -0.1) is 11.8 Å². The maximum Gasteiger partial charge on any atom is 0.290 e. The lowest BCUT2D eigenvalue weighted by atomic mass is 10.1. The van der Waals surface area contributed by atoms with Gasteiger partial charge in [-0.05, 0) is 35.4 Å². The molecule has 3 aromatic rings. The van der Waals surface area contributed by atoms with Crippen molar-refractivity contribution in [3.05, 3.63) is 101 Å². The van der Waals surface area contributed by atoms with Gasteiger partial charge in [-0.2, -0.15) is 0 Å². The first-order valence-electron chi connectivity index (χ1n) is 9.32. The van der Waals surface area contributed by atoms with E-state index in [2.05, 4.69) is 0 Å². The van der Waals surface area contributed by atoms with Crippen LogP contribution in [0.25, 0.3) is 4.91 Å². The second-order valence-electron chi connectivity index (χ2n) is 6.59. The van der Waals surface area contributed by atoms with Gasteiger partial charge in [0, 0.05) is 12.3 Å². The van der Waals surface area contributed by atoms with Crippen LogP contribution in [-0.4, -0.2) is 23.2 Å². The predicted molar refractivity (Wildman–Crippen MR) is 111 cm³/mol. The van der Waals surface area contributed by atoms with E-state index in [1.165, 1.54) is 12.1 Å². The Morgan fingerprint density at radius 3 is 2.66 bits per heavy atom. The summed E-state index contributed by atoms with van der Waals surface area (Å²) in [4.78, 5) is 15.9. The minimum Gasteiger partial charge on any atom is -0.486 e. The van der Waals surface area contributed by atoms with E-state index in [1.807, 2.05) is 36.4 Å². The third kappa shape index (κ3) is 4.71. The molecule has 0 atom stereocenters. The van der Waals surface area contributed by atoms with E-state index in [1.54, 1.807) is 41.1 Å². The van der Waals surface area contributed by atoms with Crippen molar-refractivity contribution in [2.24, 2.45) is 0 Å². The Balaban J connectivity index is 1.68. The molecule has 0 N–H and O–H groups in total. The summed E-state index contributed by atoms with van der Waals surface area (Å²) in [6.07, 6.45) is 1.57. The molecule has 1 aromatic heterocycles. The first-order chi connectivity index (χ1) is 14.2. The molecule has 0 spiro atoms. The van der Waals surface area contributed by atoms with Crippen LogP contribution in [0.3, 0.4) is 0 Å². The Morgan fingerprint density at radius 2 is 1.90 bits per heavy atom. The van der Waals surface area contributed by atoms with Gasteiger partial charge in [0.2, 0.25) is 0 Å². The molecular formula is C23H20FNO3S. The Morgan fingerprint density at radius 1 is 1.03 bits per heavy atom. The Bertz CT molecular complexity index is 1000. The number of nitrogens with zero attached hydrogens (tertiary/aromatic N) is 1. The molecule has 1 amide bonds. The van der Waals surface area contributed by atoms with Crippen molar-refractivity contribution in [1.82, 2.24) is 4.90 Å². The molecule has 2 heterocycles. The lowest BCUT2D eigenvalue weighted by Gasteiger charge is -2.27. The maximum absolute atomic E-state index is 13.7. The van der Waals surface area contributed by atoms with Gasteiger partial charge in [0.15, 0.2) is 5.76 Å². The predicted octanol–water partition coefficient (Wildman–Crippen LogP) is 5.08. The average molecular weight is 409 g/mol. The lowest BCUT2D eigenvalue weighted by Crippen LogP contribution is -2.33. The fraction of sp³-hybridized carbons (Fsp3) is 0.174. The molecule has 6 heteroatoms. The number of carbonyl (C=O) groups excluding carboxylic acids is 1. The third-order valence-corrected chi connectivity index (χ3v) is 5.57. The van der Waals surface area contributed by atoms with Crippen LogP contribution < -0.4 is 0 Å². The molecule has 0 bridgehead atoms. The van der Waals surface area contributed by atoms with Crippen LogP contribution in [0.1, 0.15) is 16.9 Å². The number of carbonyl (C=O) groups is 1. The van der Waals surface area contributed by atoms with E-state index < -0.39 is 0 Å². The minimum atomic E-state index is -0.332. The van der Waals surface area contributed by atoms with Crippen LogP contribution in [-0.2, 0) is 22.6 Å². The van der Waals surface area contributed by atoms with E-state index in [0.717, 1.165) is 16.2 Å². The van der Waals surface area contributed by atoms with Gasteiger partial charge in [0.05, 0.1) is 24.3 Å². The quantitative estimate of drug-likeness (QED) is 0.569. The number of halogens is 1. The summed E-state index contributed by atoms with van der Waals surface area (Å²) in [5.74, 6) is 1.19. The maximum atomic E-state index is 13.7. The second-order valence-corrected chi connectivity index (χ2v) is 7.70. The van der Waals surface area contributed by atoms with Crippen LogP contribution in [0, 0.1) is 5.82 Å². The number of rotatable bonds is 6. The number of furan rings is 1. The van der Waals surface area contributed by atoms with Crippen molar-refractivity contribution in [3.8, 4) is 0 Å². The highest BCUT2D eigenvalue weighted by Gasteiger charge is 2.28. The summed E-state index contributed by atoms with van der Waals surface area (Å²) >= 11 is 1.61. The van der Waals surface area contributed by atoms with Crippen molar-refractivity contribution in [2.75, 3.05) is 12.4 Å². The van der Waals surface area contributed by atoms with Gasteiger partial charge in [-0.3, -0.25) is 4.79 Å². The fourth-order valence-electron chi connectivity index (χ4n) is 3.17. The van der Waals surface area contributed by atoms with Gasteiger partial charge in [-0.1, -0.05) is 42.5 Å². The molecule has 0 aliphatic carbocycles. The van der Waals surface area contributed by atoms with Gasteiger partial charge < -0.3 is 14.1 Å². The summed E-state index contributed by atoms with van der Waals surface area (Å²) in [6.45, 7) is 0.982. The molecule has 0 saturated carbocycles. The van der Waals surface area contributed by atoms with Gasteiger partial charge in [-0.25, -0.2) is 4.39 Å². The smallest absolute Gasteiger partial charge is 0.290 e. The molecule has 1 aliphatic rings. The fourth-order valence-corrected chi connectivity index (χ4v) is 4.12. The Kier molecular flexibility index (Phi) is 6.00. The normalized spacial score (nSPS) is 13.8. The zero-order valence-electron chi connectivity index (χ0n) is 15.7. The molecule has 0 fully saturated rings. The Hall–Kier alpha value is -2.99. The molecule has 0 unspecified atom stereocenters. The third-order valence-electron chi connectivity index (χ3n) is 4.49. The minimum absolute atomic E-state index is 0.239. The summed E-state index contributed by atoms with van der Waals surface area (Å²) in [7, 11) is 0. The monoisotopic (exact) mass is 409 g/mol. The highest BCUT2D eigenvalue weighted by Crippen LogP contribution is 2.35. The summed E-state index contributed by atoms with van der Waals surface area (Å²) in [5.41, 5.74) is 1.65. The number of hydrogen-bond acceptors (Lipinski definition) is 4. The SMILES string of the molecule is O=C(C1=C(c2ccccc2)SCCO1)N(Cc1cccc(F)c1)Cc1ccco1. The van der Waals surface area contributed by atoms with Crippen LogP contribution in [0.15, 0.2) is 83.2 Å². The van der Waals surface area contributed by atoms with Crippen LogP contribution in [0.4, 0.5) is 4.39 Å². The van der Waals surface area contributed by atoms with E-state index in [-0.39, 0.29) is 24.8 Å². The van der Waals surface area contributed by atoms with Crippen molar-refractivity contribution >= 4 is 22.6 Å². The number of amides is 1. The topological polar surface area (TPSA) is 42.7 Å². The van der Waals surface area contributed by atoms with Crippen LogP contribution >= 0.6 is 11.8 Å². The lowest BCUT2D eigenvalue weighted by molar-refractivity contribution is -0.132. The highest BCUT2D eigenvalue weighted by molar-refractivity contribution is 8.08. The molecule has 0 radical (unpaired) electrons. The number of ether oxygens (including phenoxy) is 1. The first-order valence-corrected chi connectivity index (χ1v) is 10.3. The zero-order chi connectivity index (χ0) is 20.1. The van der Waals surface area contributed by atoms with Gasteiger partial charge in [0.25, 0.3) is 5.91 Å². The number of benzene rings is 2. The number of hydrogen-bond donors (Lipinski definition) is 0. The Labute approximate surface area is 173 Å². The first kappa shape index (κ1) is 19.3. The molecule has 4 rings (SSSR count). The molecule has 2 aromatic carbocycles. The number of thioether (sulfide) groups is 1. The largest absolute Gasteiger partial charge is 0.486 e. The zero-order valence-corrected chi connectivity index (χ0v) is 16.5. The van der Waals surface area contributed by atoms with Gasteiger partial charge >= 0.3 is 0 Å². The molecule has 1 aliphatic heterocycles. The van der Waals surface area contributed by atoms with Gasteiger partial charge in [0.1, 0.15) is 11.6 Å². The van der Waals surface area contributed by atoms with E-state index in [4.69, 9.17) is 9.15 Å². The average Bonchev–Trinajstić information content (AvgIpc) is 3.27. The van der Waals surface area contributed by atoms with Crippen LogP contribution in [0.5, 0.6) is 0 Å².